The molecule has 0 aliphatic heterocycles. The minimum absolute atomic E-state index is 0.0522. The Morgan fingerprint density at radius 3 is 2.70 bits per heavy atom. The van der Waals surface area contributed by atoms with Gasteiger partial charge < -0.3 is 10.4 Å². The highest BCUT2D eigenvalue weighted by molar-refractivity contribution is 7.13. The van der Waals surface area contributed by atoms with E-state index >= 15 is 0 Å². The van der Waals surface area contributed by atoms with E-state index in [1.54, 1.807) is 38.5 Å². The SMILES string of the molecule is CC(C)(C)C(NC(=O)Cc1csc(-c2cccnc2)n1)C(=O)O. The quantitative estimate of drug-likeness (QED) is 0.876. The fraction of sp³-hybridized carbons (Fsp3) is 0.375. The van der Waals surface area contributed by atoms with Crippen LogP contribution in [0.1, 0.15) is 26.5 Å². The molecule has 0 spiro atoms. The predicted octanol–water partition coefficient (Wildman–Crippen LogP) is 2.36. The summed E-state index contributed by atoms with van der Waals surface area (Å²) in [7, 11) is 0. The molecule has 2 aromatic heterocycles. The van der Waals surface area contributed by atoms with Crippen molar-refractivity contribution in [3.63, 3.8) is 0 Å². The van der Waals surface area contributed by atoms with Crippen LogP contribution in [0.15, 0.2) is 29.9 Å². The summed E-state index contributed by atoms with van der Waals surface area (Å²) in [6.45, 7) is 5.32. The molecule has 2 aromatic rings. The van der Waals surface area contributed by atoms with Crippen LogP contribution < -0.4 is 5.32 Å². The van der Waals surface area contributed by atoms with Crippen LogP contribution in [0.3, 0.4) is 0 Å². The van der Waals surface area contributed by atoms with Crippen LogP contribution in [0.2, 0.25) is 0 Å². The molecule has 7 heteroatoms. The number of carbonyl (C=O) groups excluding carboxylic acids is 1. The summed E-state index contributed by atoms with van der Waals surface area (Å²) in [6, 6.07) is 2.78. The Morgan fingerprint density at radius 2 is 2.13 bits per heavy atom. The van der Waals surface area contributed by atoms with Gasteiger partial charge >= 0.3 is 5.97 Å². The fourth-order valence-electron chi connectivity index (χ4n) is 2.04. The molecule has 6 nitrogen and oxygen atoms in total. The third kappa shape index (κ3) is 4.59. The molecule has 122 valence electrons. The van der Waals surface area contributed by atoms with Gasteiger partial charge in [0.15, 0.2) is 0 Å². The lowest BCUT2D eigenvalue weighted by molar-refractivity contribution is -0.144. The van der Waals surface area contributed by atoms with E-state index in [0.29, 0.717) is 5.69 Å². The maximum Gasteiger partial charge on any atom is 0.326 e. The Labute approximate surface area is 138 Å². The predicted molar refractivity (Wildman–Crippen MR) is 88.1 cm³/mol. The first-order chi connectivity index (χ1) is 10.8. The molecule has 0 radical (unpaired) electrons. The number of nitrogens with zero attached hydrogens (tertiary/aromatic N) is 2. The number of aromatic nitrogens is 2. The van der Waals surface area contributed by atoms with Gasteiger partial charge in [-0.15, -0.1) is 11.3 Å². The zero-order valence-corrected chi connectivity index (χ0v) is 14.1. The van der Waals surface area contributed by atoms with Crippen LogP contribution in [-0.2, 0) is 16.0 Å². The molecular formula is C16H19N3O3S. The fourth-order valence-corrected chi connectivity index (χ4v) is 2.85. The number of thiazole rings is 1. The Hall–Kier alpha value is -2.28. The van der Waals surface area contributed by atoms with Crippen molar-refractivity contribution < 1.29 is 14.7 Å². The van der Waals surface area contributed by atoms with Gasteiger partial charge in [-0.05, 0) is 17.5 Å². The van der Waals surface area contributed by atoms with Gasteiger partial charge in [-0.1, -0.05) is 20.8 Å². The molecular weight excluding hydrogens is 314 g/mol. The second kappa shape index (κ2) is 6.87. The first-order valence-electron chi connectivity index (χ1n) is 7.14. The Kier molecular flexibility index (Phi) is 5.10. The molecule has 23 heavy (non-hydrogen) atoms. The third-order valence-corrected chi connectivity index (χ3v) is 4.16. The molecule has 2 rings (SSSR count). The van der Waals surface area contributed by atoms with Gasteiger partial charge in [0.2, 0.25) is 5.91 Å². The number of hydrogen-bond donors (Lipinski definition) is 2. The van der Waals surface area contributed by atoms with Crippen molar-refractivity contribution in [1.29, 1.82) is 0 Å². The highest BCUT2D eigenvalue weighted by Gasteiger charge is 2.32. The van der Waals surface area contributed by atoms with Gasteiger partial charge in [0.25, 0.3) is 0 Å². The molecule has 0 fully saturated rings. The standard InChI is InChI=1S/C16H19N3O3S/c1-16(2,3)13(15(21)22)19-12(20)7-11-9-23-14(18-11)10-5-4-6-17-8-10/h4-6,8-9,13H,7H2,1-3H3,(H,19,20)(H,21,22). The second-order valence-corrected chi connectivity index (χ2v) is 7.13. The van der Waals surface area contributed by atoms with Crippen molar-refractivity contribution in [3.8, 4) is 10.6 Å². The summed E-state index contributed by atoms with van der Waals surface area (Å²) < 4.78 is 0. The summed E-state index contributed by atoms with van der Waals surface area (Å²) >= 11 is 1.43. The van der Waals surface area contributed by atoms with E-state index in [1.165, 1.54) is 11.3 Å². The van der Waals surface area contributed by atoms with E-state index in [9.17, 15) is 14.7 Å². The summed E-state index contributed by atoms with van der Waals surface area (Å²) in [5.41, 5.74) is 0.941. The summed E-state index contributed by atoms with van der Waals surface area (Å²) in [4.78, 5) is 31.8. The molecule has 1 atom stereocenters. The Bertz CT molecular complexity index is 692. The number of carbonyl (C=O) groups is 2. The van der Waals surface area contributed by atoms with Crippen LogP contribution in [0, 0.1) is 5.41 Å². The molecule has 0 saturated heterocycles. The van der Waals surface area contributed by atoms with Crippen molar-refractivity contribution >= 4 is 23.2 Å². The van der Waals surface area contributed by atoms with Crippen LogP contribution in [0.5, 0.6) is 0 Å². The number of pyridine rings is 1. The number of hydrogen-bond acceptors (Lipinski definition) is 5. The van der Waals surface area contributed by atoms with E-state index in [2.05, 4.69) is 15.3 Å². The van der Waals surface area contributed by atoms with Gasteiger partial charge in [0, 0.05) is 23.3 Å². The minimum Gasteiger partial charge on any atom is -0.480 e. The maximum atomic E-state index is 12.1. The number of carboxylic acids is 1. The van der Waals surface area contributed by atoms with Gasteiger partial charge in [-0.2, -0.15) is 0 Å². The second-order valence-electron chi connectivity index (χ2n) is 6.27. The molecule has 0 aromatic carbocycles. The molecule has 1 unspecified atom stereocenters. The number of rotatable bonds is 5. The zero-order chi connectivity index (χ0) is 17.0. The van der Waals surface area contributed by atoms with Crippen molar-refractivity contribution in [2.45, 2.75) is 33.2 Å². The minimum atomic E-state index is -1.04. The highest BCUT2D eigenvalue weighted by atomic mass is 32.1. The molecule has 2 heterocycles. The average molecular weight is 333 g/mol. The first-order valence-corrected chi connectivity index (χ1v) is 8.02. The lowest BCUT2D eigenvalue weighted by Crippen LogP contribution is -2.49. The number of aliphatic carboxylic acids is 1. The first kappa shape index (κ1) is 17.1. The zero-order valence-electron chi connectivity index (χ0n) is 13.2. The van der Waals surface area contributed by atoms with E-state index < -0.39 is 17.4 Å². The molecule has 2 N–H and O–H groups in total. The van der Waals surface area contributed by atoms with E-state index in [-0.39, 0.29) is 12.3 Å². The van der Waals surface area contributed by atoms with Gasteiger partial charge in [0.05, 0.1) is 12.1 Å². The molecule has 0 aliphatic carbocycles. The van der Waals surface area contributed by atoms with Gasteiger partial charge in [0.1, 0.15) is 11.0 Å². The number of nitrogens with one attached hydrogen (secondary N) is 1. The summed E-state index contributed by atoms with van der Waals surface area (Å²) in [6.07, 6.45) is 3.45. The van der Waals surface area contributed by atoms with E-state index in [0.717, 1.165) is 10.6 Å². The monoisotopic (exact) mass is 333 g/mol. The van der Waals surface area contributed by atoms with Crippen molar-refractivity contribution in [1.82, 2.24) is 15.3 Å². The summed E-state index contributed by atoms with van der Waals surface area (Å²) in [5.74, 6) is -1.39. The van der Waals surface area contributed by atoms with E-state index in [1.807, 2.05) is 12.1 Å². The smallest absolute Gasteiger partial charge is 0.326 e. The van der Waals surface area contributed by atoms with E-state index in [4.69, 9.17) is 0 Å². The van der Waals surface area contributed by atoms with Crippen molar-refractivity contribution in [2.24, 2.45) is 5.41 Å². The molecule has 0 saturated carbocycles. The largest absolute Gasteiger partial charge is 0.480 e. The normalized spacial score (nSPS) is 12.7. The summed E-state index contributed by atoms with van der Waals surface area (Å²) in [5, 5.41) is 14.4. The third-order valence-electron chi connectivity index (χ3n) is 3.22. The molecule has 0 aliphatic rings. The van der Waals surface area contributed by atoms with Gasteiger partial charge in [-0.25, -0.2) is 9.78 Å². The maximum absolute atomic E-state index is 12.1. The Morgan fingerprint density at radius 1 is 1.39 bits per heavy atom. The lowest BCUT2D eigenvalue weighted by atomic mass is 9.86. The van der Waals surface area contributed by atoms with Crippen molar-refractivity contribution in [3.05, 3.63) is 35.6 Å². The van der Waals surface area contributed by atoms with Crippen molar-refractivity contribution in [2.75, 3.05) is 0 Å². The number of carboxylic acid groups (broad SMARTS) is 1. The van der Waals surface area contributed by atoms with Crippen LogP contribution in [0.4, 0.5) is 0 Å². The molecule has 0 bridgehead atoms. The van der Waals surface area contributed by atoms with Gasteiger partial charge in [-0.3, -0.25) is 9.78 Å². The lowest BCUT2D eigenvalue weighted by Gasteiger charge is -2.27. The van der Waals surface area contributed by atoms with Crippen LogP contribution in [0.25, 0.3) is 10.6 Å². The average Bonchev–Trinajstić information content (AvgIpc) is 2.92. The highest BCUT2D eigenvalue weighted by Crippen LogP contribution is 2.23. The number of amides is 1. The topological polar surface area (TPSA) is 92.2 Å². The Balaban J connectivity index is 2.04. The van der Waals surface area contributed by atoms with Crippen LogP contribution >= 0.6 is 11.3 Å². The molecule has 1 amide bonds. The van der Waals surface area contributed by atoms with Crippen LogP contribution in [-0.4, -0.2) is 33.0 Å².